The number of amides is 5. The number of allylic oxidation sites excluding steroid dienone is 1. The van der Waals surface area contributed by atoms with Crippen LogP contribution in [0.25, 0.3) is 11.1 Å². The van der Waals surface area contributed by atoms with Gasteiger partial charge in [-0.1, -0.05) is 44.1 Å². The summed E-state index contributed by atoms with van der Waals surface area (Å²) in [6.07, 6.45) is 11.8. The van der Waals surface area contributed by atoms with Crippen LogP contribution in [0.2, 0.25) is 0 Å². The molecule has 362 valence electrons. The number of carbonyl (C=O) groups excluding carboxylic acids is 5. The minimum atomic E-state index is -0.816. The number of hydrogen-bond donors (Lipinski definition) is 4. The summed E-state index contributed by atoms with van der Waals surface area (Å²) in [6.45, 7) is 22.2. The standard InChI is InChI=1S/C15H15N3O4.C12H21NO2.C9H19NO2.C6H11NO2.C3H9NOS/c19-9-18-7-3-5-11(18)14(21)16-8-12(20)15-17-10-4-1-2-6-13(10)22-15;1-5-10-6-8-13(9-7-10)11(14)15-12(2,3)4;1-5-6-7-10-8(11)12-9(2,3)4;8-6(9)7-4-2-1-3-5-7;1-3-4-6(2)5/h1-2,4,6,9,11H,3,5,7-8H2,(H,16,21);5H,6-9H2,1-4H3;5-7H2,1-4H3,(H,10,11);1-5H2,(H,8,9);4H,3H2,1-2H3. The number of para-hydroxylation sites is 2. The van der Waals surface area contributed by atoms with Crippen LogP contribution in [0.1, 0.15) is 131 Å². The molecule has 1 aromatic carbocycles. The first-order valence-electron chi connectivity index (χ1n) is 22.2. The highest BCUT2D eigenvalue weighted by molar-refractivity contribution is 7.82. The third kappa shape index (κ3) is 24.7. The molecule has 19 heteroatoms. The number of fused-ring (bicyclic) bond motifs is 1. The highest BCUT2D eigenvalue weighted by Crippen LogP contribution is 2.19. The fourth-order valence-corrected chi connectivity index (χ4v) is 6.52. The molecule has 2 atom stereocenters. The van der Waals surface area contributed by atoms with Gasteiger partial charge in [-0.15, -0.1) is 0 Å². The van der Waals surface area contributed by atoms with Crippen LogP contribution in [0.3, 0.4) is 0 Å². The lowest BCUT2D eigenvalue weighted by Gasteiger charge is -2.30. The predicted octanol–water partition coefficient (Wildman–Crippen LogP) is 7.06. The van der Waals surface area contributed by atoms with Gasteiger partial charge in [0.2, 0.25) is 18.1 Å². The van der Waals surface area contributed by atoms with Gasteiger partial charge in [0.05, 0.1) is 17.5 Å². The lowest BCUT2D eigenvalue weighted by molar-refractivity contribution is -0.130. The number of Topliss-reactive ketones (excluding diaryl/α,β-unsaturated/α-hetero) is 1. The quantitative estimate of drug-likeness (QED) is 0.0813. The number of ether oxygens (including phenoxy) is 2. The second-order valence-corrected chi connectivity index (χ2v) is 18.3. The molecule has 0 aliphatic carbocycles. The number of likely N-dealkylation sites (tertiary alicyclic amines) is 3. The van der Waals surface area contributed by atoms with Crippen LogP contribution in [0.5, 0.6) is 0 Å². The Hall–Kier alpha value is -5.04. The highest BCUT2D eigenvalue weighted by atomic mass is 32.2. The molecular formula is C45H75N7O11S. The number of unbranched alkanes of at least 4 members (excludes halogenated alkanes) is 1. The normalized spacial score (nSPS) is 16.4. The lowest BCUT2D eigenvalue weighted by Crippen LogP contribution is -2.44. The minimum Gasteiger partial charge on any atom is -0.465 e. The summed E-state index contributed by atoms with van der Waals surface area (Å²) in [5.74, 6) is -0.755. The SMILES string of the molecule is CC=C1CCN(C(=O)OC(C)(C)C)CC1.CCCCNC(=O)OC(C)(C)C.CCNS(C)=O.O=C(O)N1CCCCC1.O=CN1CCCC1C(=O)NCC(=O)c1nc2ccccc2o1. The van der Waals surface area contributed by atoms with E-state index in [2.05, 4.69) is 40.3 Å². The monoisotopic (exact) mass is 922 g/mol. The van der Waals surface area contributed by atoms with Gasteiger partial charge in [-0.3, -0.25) is 14.4 Å². The first-order chi connectivity index (χ1) is 30.1. The molecule has 0 spiro atoms. The number of nitrogens with zero attached hydrogens (tertiary/aromatic N) is 4. The zero-order valence-corrected chi connectivity index (χ0v) is 40.6. The molecule has 0 radical (unpaired) electrons. The first-order valence-corrected chi connectivity index (χ1v) is 23.7. The molecule has 3 aliphatic heterocycles. The van der Waals surface area contributed by atoms with Crippen LogP contribution in [-0.4, -0.2) is 141 Å². The van der Waals surface area contributed by atoms with Crippen LogP contribution >= 0.6 is 0 Å². The number of oxazole rings is 1. The number of nitrogens with one attached hydrogen (secondary N) is 3. The van der Waals surface area contributed by atoms with E-state index in [1.54, 1.807) is 35.4 Å². The van der Waals surface area contributed by atoms with Crippen LogP contribution in [0, 0.1) is 0 Å². The molecule has 3 aliphatic rings. The van der Waals surface area contributed by atoms with E-state index in [1.807, 2.05) is 48.5 Å². The summed E-state index contributed by atoms with van der Waals surface area (Å²) in [5, 5.41) is 13.7. The fourth-order valence-electron chi connectivity index (χ4n) is 6.11. The summed E-state index contributed by atoms with van der Waals surface area (Å²) >= 11 is 0. The molecule has 64 heavy (non-hydrogen) atoms. The van der Waals surface area contributed by atoms with Gasteiger partial charge >= 0.3 is 18.3 Å². The van der Waals surface area contributed by atoms with Gasteiger partial charge in [-0.25, -0.2) is 28.3 Å². The molecule has 2 aromatic rings. The van der Waals surface area contributed by atoms with Gasteiger partial charge in [0.1, 0.15) is 22.8 Å². The van der Waals surface area contributed by atoms with E-state index in [-0.39, 0.29) is 30.5 Å². The van der Waals surface area contributed by atoms with Crippen molar-refractivity contribution in [1.82, 2.24) is 35.0 Å². The van der Waals surface area contributed by atoms with Gasteiger partial charge < -0.3 is 44.3 Å². The average Bonchev–Trinajstić information content (AvgIpc) is 3.91. The average molecular weight is 922 g/mol. The van der Waals surface area contributed by atoms with Crippen molar-refractivity contribution in [2.75, 3.05) is 58.6 Å². The van der Waals surface area contributed by atoms with E-state index in [1.165, 1.54) is 21.8 Å². The Morgan fingerprint density at radius 3 is 2.00 bits per heavy atom. The largest absolute Gasteiger partial charge is 0.465 e. The Morgan fingerprint density at radius 1 is 0.891 bits per heavy atom. The molecule has 5 amide bonds. The van der Waals surface area contributed by atoms with Crippen molar-refractivity contribution < 1.29 is 52.0 Å². The van der Waals surface area contributed by atoms with Crippen molar-refractivity contribution in [2.24, 2.45) is 0 Å². The van der Waals surface area contributed by atoms with E-state index < -0.39 is 40.1 Å². The highest BCUT2D eigenvalue weighted by Gasteiger charge is 2.30. The molecule has 2 unspecified atom stereocenters. The first kappa shape index (κ1) is 57.0. The number of aromatic nitrogens is 1. The Labute approximate surface area is 382 Å². The minimum absolute atomic E-state index is 0.0276. The van der Waals surface area contributed by atoms with Crippen molar-refractivity contribution in [3.63, 3.8) is 0 Å². The number of ketones is 1. The van der Waals surface area contributed by atoms with Crippen molar-refractivity contribution in [2.45, 2.75) is 137 Å². The van der Waals surface area contributed by atoms with Gasteiger partial charge in [-0.05, 0) is 112 Å². The number of carbonyl (C=O) groups is 6. The lowest BCUT2D eigenvalue weighted by atomic mass is 10.0. The topological polar surface area (TPSA) is 230 Å². The molecule has 18 nitrogen and oxygen atoms in total. The number of piperidine rings is 2. The molecule has 5 rings (SSSR count). The Balaban J connectivity index is 0.000000428. The van der Waals surface area contributed by atoms with Gasteiger partial charge in [0.25, 0.3) is 5.89 Å². The van der Waals surface area contributed by atoms with Crippen LogP contribution in [0.4, 0.5) is 14.4 Å². The number of hydrogen-bond acceptors (Lipinski definition) is 11. The van der Waals surface area contributed by atoms with Crippen LogP contribution in [-0.2, 0) is 30.0 Å². The summed E-state index contributed by atoms with van der Waals surface area (Å²) in [6, 6.07) is 6.56. The summed E-state index contributed by atoms with van der Waals surface area (Å²) in [4.78, 5) is 76.6. The summed E-state index contributed by atoms with van der Waals surface area (Å²) in [5.41, 5.74) is 1.78. The van der Waals surface area contributed by atoms with E-state index in [0.717, 1.165) is 77.7 Å². The molecule has 0 saturated carbocycles. The van der Waals surface area contributed by atoms with Crippen LogP contribution in [0.15, 0.2) is 40.3 Å². The van der Waals surface area contributed by atoms with Gasteiger partial charge in [-0.2, -0.15) is 0 Å². The molecule has 3 fully saturated rings. The van der Waals surface area contributed by atoms with Crippen molar-refractivity contribution in [1.29, 1.82) is 0 Å². The zero-order valence-electron chi connectivity index (χ0n) is 39.8. The summed E-state index contributed by atoms with van der Waals surface area (Å²) in [7, 11) is -0.816. The molecular weight excluding hydrogens is 847 g/mol. The smallest absolute Gasteiger partial charge is 0.410 e. The van der Waals surface area contributed by atoms with E-state index in [4.69, 9.17) is 19.0 Å². The molecule has 3 saturated heterocycles. The van der Waals surface area contributed by atoms with Crippen molar-refractivity contribution in [3.8, 4) is 0 Å². The molecule has 4 N–H and O–H groups in total. The molecule has 1 aromatic heterocycles. The van der Waals surface area contributed by atoms with Crippen molar-refractivity contribution in [3.05, 3.63) is 41.8 Å². The Kier molecular flexibility index (Phi) is 26.9. The maximum Gasteiger partial charge on any atom is 0.410 e. The maximum absolute atomic E-state index is 12.0. The fraction of sp³-hybridized carbons (Fsp3) is 0.667. The second kappa shape index (κ2) is 30.2. The van der Waals surface area contributed by atoms with Crippen molar-refractivity contribution >= 4 is 58.5 Å². The number of rotatable bonds is 10. The zero-order chi connectivity index (χ0) is 48.3. The van der Waals surface area contributed by atoms with E-state index in [9.17, 15) is 33.0 Å². The number of alkyl carbamates (subject to hydrolysis) is 1. The van der Waals surface area contributed by atoms with E-state index >= 15 is 0 Å². The summed E-state index contributed by atoms with van der Waals surface area (Å²) < 4.78 is 28.4. The van der Waals surface area contributed by atoms with Crippen LogP contribution < -0.4 is 15.4 Å². The third-order valence-electron chi connectivity index (χ3n) is 9.33. The molecule has 0 bridgehead atoms. The Bertz CT molecular complexity index is 1760. The Morgan fingerprint density at radius 2 is 1.52 bits per heavy atom. The number of benzene rings is 1. The maximum atomic E-state index is 12.0. The molecule has 4 heterocycles. The predicted molar refractivity (Wildman–Crippen MR) is 248 cm³/mol. The van der Waals surface area contributed by atoms with E-state index in [0.29, 0.717) is 37.0 Å². The second-order valence-electron chi connectivity index (χ2n) is 17.1. The third-order valence-corrected chi connectivity index (χ3v) is 10.0. The number of carboxylic acid groups (broad SMARTS) is 1. The van der Waals surface area contributed by atoms with Gasteiger partial charge in [0, 0.05) is 52.1 Å². The van der Waals surface area contributed by atoms with Gasteiger partial charge in [0.15, 0.2) is 5.58 Å².